The highest BCUT2D eigenvalue weighted by Gasteiger charge is 2.46. The van der Waals surface area contributed by atoms with Crippen LogP contribution in [0.25, 0.3) is 106 Å². The van der Waals surface area contributed by atoms with Crippen LogP contribution >= 0.6 is 0 Å². The van der Waals surface area contributed by atoms with E-state index in [4.69, 9.17) is 15.0 Å². The first-order chi connectivity index (χ1) is 39.2. The molecule has 0 amide bonds. The van der Waals surface area contributed by atoms with Gasteiger partial charge in [-0.05, 0) is 135 Å². The molecule has 1 aliphatic heterocycles. The van der Waals surface area contributed by atoms with E-state index in [0.717, 1.165) is 72.7 Å². The largest absolute Gasteiger partial charge is 0.309 e. The van der Waals surface area contributed by atoms with E-state index in [-0.39, 0.29) is 5.41 Å². The molecule has 13 aromatic rings. The molecule has 0 spiro atoms. The Morgan fingerprint density at radius 1 is 0.350 bits per heavy atom. The monoisotopic (exact) mass is 1020 g/mol. The molecule has 1 unspecified atom stereocenters. The van der Waals surface area contributed by atoms with Crippen LogP contribution in [0.2, 0.25) is 0 Å². The number of hydrogen-bond acceptors (Lipinski definition) is 4. The Hall–Kier alpha value is -9.97. The van der Waals surface area contributed by atoms with E-state index in [2.05, 4.69) is 280 Å². The van der Waals surface area contributed by atoms with Crippen LogP contribution in [0.15, 0.2) is 249 Å². The molecular formula is C75H53N5. The normalized spacial score (nSPS) is 14.9. The van der Waals surface area contributed by atoms with Gasteiger partial charge in [0.05, 0.1) is 28.1 Å². The number of nitrogens with zero attached hydrogens (tertiary/aromatic N) is 5. The minimum absolute atomic E-state index is 0.193. The lowest BCUT2D eigenvalue weighted by Gasteiger charge is -2.37. The van der Waals surface area contributed by atoms with Gasteiger partial charge < -0.3 is 4.57 Å². The Morgan fingerprint density at radius 2 is 0.838 bits per heavy atom. The van der Waals surface area contributed by atoms with Crippen molar-refractivity contribution in [3.05, 3.63) is 282 Å². The number of rotatable bonds is 7. The third-order valence-electron chi connectivity index (χ3n) is 17.7. The average Bonchev–Trinajstić information content (AvgIpc) is 3.88. The summed E-state index contributed by atoms with van der Waals surface area (Å²) in [4.78, 5) is 19.1. The molecule has 2 aromatic heterocycles. The SMILES string of the molecule is Cc1ccc(-c2nc(-c3ccccc3)nc(N(c3cc(-c4ccccc4)cc(-c4ccccc4)c3)c3c4cccc3C3(C)c5ccccc5-c5cc6c7cc8c(cc7n(c6cc53)-c3ccccc3-4)C(C)(C)c3ccccc3-8)n2)cc1. The Bertz CT molecular complexity index is 4630. The van der Waals surface area contributed by atoms with Crippen LogP contribution in [0.4, 0.5) is 17.3 Å². The molecule has 0 radical (unpaired) electrons. The number of anilines is 3. The van der Waals surface area contributed by atoms with Crippen LogP contribution in [-0.2, 0) is 10.8 Å². The average molecular weight is 1020 g/mol. The highest BCUT2D eigenvalue weighted by atomic mass is 15.3. The number of hydrogen-bond donors (Lipinski definition) is 0. The second-order valence-electron chi connectivity index (χ2n) is 22.6. The molecule has 378 valence electrons. The standard InChI is InChI=1S/C75H53N5/c1-46-35-37-50(38-36-46)72-76-71(49-25-12-7-13-26-49)77-73(78-72)79(53-40-51(47-21-8-5-9-22-47)39-52(41-53)48-23-10-6-11-24-48)70-57-30-20-33-64(70)75(4)63-32-18-15-28-55(63)59-43-61-60-42-58-54-27-14-17-31-62(54)74(2,3)65(58)44-68(60)80(69(61)45-66(59)75)67-34-19-16-29-56(57)67/h5-45H,1-4H3. The zero-order valence-corrected chi connectivity index (χ0v) is 44.9. The number of benzene rings is 11. The number of aryl methyl sites for hydroxylation is 1. The van der Waals surface area contributed by atoms with E-state index in [1.54, 1.807) is 0 Å². The fourth-order valence-corrected chi connectivity index (χ4v) is 13.7. The van der Waals surface area contributed by atoms with E-state index in [1.807, 2.05) is 6.07 Å². The van der Waals surface area contributed by atoms with Crippen molar-refractivity contribution in [2.24, 2.45) is 0 Å². The summed E-state index contributed by atoms with van der Waals surface area (Å²) in [6.45, 7) is 9.34. The van der Waals surface area contributed by atoms with Crippen molar-refractivity contribution < 1.29 is 0 Å². The number of aromatic nitrogens is 4. The van der Waals surface area contributed by atoms with Gasteiger partial charge in [0, 0.05) is 43.9 Å². The highest BCUT2D eigenvalue weighted by molar-refractivity contribution is 6.15. The Kier molecular flexibility index (Phi) is 9.96. The summed E-state index contributed by atoms with van der Waals surface area (Å²) in [5, 5.41) is 2.49. The van der Waals surface area contributed by atoms with Gasteiger partial charge in [-0.25, -0.2) is 4.98 Å². The molecule has 4 bridgehead atoms. The van der Waals surface area contributed by atoms with E-state index < -0.39 is 5.41 Å². The quantitative estimate of drug-likeness (QED) is 0.160. The van der Waals surface area contributed by atoms with Gasteiger partial charge in [0.2, 0.25) is 5.95 Å². The van der Waals surface area contributed by atoms with E-state index in [1.165, 1.54) is 66.3 Å². The Labute approximate surface area is 465 Å². The summed E-state index contributed by atoms with van der Waals surface area (Å²) in [6.07, 6.45) is 0. The summed E-state index contributed by atoms with van der Waals surface area (Å²) in [7, 11) is 0. The molecule has 5 heteroatoms. The second kappa shape index (κ2) is 17.3. The molecule has 0 N–H and O–H groups in total. The Morgan fingerprint density at radius 3 is 1.48 bits per heavy atom. The highest BCUT2D eigenvalue weighted by Crippen LogP contribution is 2.60. The molecule has 80 heavy (non-hydrogen) atoms. The molecule has 5 nitrogen and oxygen atoms in total. The molecule has 0 saturated heterocycles. The molecule has 2 aliphatic carbocycles. The molecule has 0 fully saturated rings. The van der Waals surface area contributed by atoms with Crippen LogP contribution in [0, 0.1) is 6.92 Å². The first kappa shape index (κ1) is 46.2. The maximum Gasteiger partial charge on any atom is 0.238 e. The maximum atomic E-state index is 5.69. The summed E-state index contributed by atoms with van der Waals surface area (Å²) < 4.78 is 2.57. The van der Waals surface area contributed by atoms with E-state index in [0.29, 0.717) is 17.6 Å². The minimum atomic E-state index is -0.672. The first-order valence-corrected chi connectivity index (χ1v) is 27.8. The third-order valence-corrected chi connectivity index (χ3v) is 17.7. The van der Waals surface area contributed by atoms with Gasteiger partial charge in [-0.15, -0.1) is 0 Å². The predicted octanol–water partition coefficient (Wildman–Crippen LogP) is 19.0. The summed E-state index contributed by atoms with van der Waals surface area (Å²) in [6, 6.07) is 91.5. The van der Waals surface area contributed by atoms with E-state index in [9.17, 15) is 0 Å². The van der Waals surface area contributed by atoms with Gasteiger partial charge in [-0.3, -0.25) is 4.90 Å². The molecule has 1 atom stereocenters. The topological polar surface area (TPSA) is 46.8 Å². The van der Waals surface area contributed by atoms with Gasteiger partial charge >= 0.3 is 0 Å². The van der Waals surface area contributed by atoms with Crippen molar-refractivity contribution in [3.8, 4) is 84.1 Å². The van der Waals surface area contributed by atoms with Crippen molar-refractivity contribution >= 4 is 39.1 Å². The predicted molar refractivity (Wildman–Crippen MR) is 329 cm³/mol. The zero-order chi connectivity index (χ0) is 53.4. The van der Waals surface area contributed by atoms with Gasteiger partial charge in [-0.2, -0.15) is 9.97 Å². The van der Waals surface area contributed by atoms with Crippen LogP contribution in [-0.4, -0.2) is 19.5 Å². The molecule has 11 aromatic carbocycles. The van der Waals surface area contributed by atoms with Crippen molar-refractivity contribution in [2.45, 2.75) is 38.5 Å². The Balaban J connectivity index is 1.07. The van der Waals surface area contributed by atoms with Crippen LogP contribution < -0.4 is 4.90 Å². The van der Waals surface area contributed by atoms with Crippen LogP contribution in [0.1, 0.15) is 54.2 Å². The van der Waals surface area contributed by atoms with Crippen molar-refractivity contribution in [3.63, 3.8) is 0 Å². The number of para-hydroxylation sites is 2. The fraction of sp³-hybridized carbons (Fsp3) is 0.0800. The molecule has 0 saturated carbocycles. The van der Waals surface area contributed by atoms with E-state index >= 15 is 0 Å². The van der Waals surface area contributed by atoms with Crippen molar-refractivity contribution in [2.75, 3.05) is 4.90 Å². The zero-order valence-electron chi connectivity index (χ0n) is 44.9. The summed E-state index contributed by atoms with van der Waals surface area (Å²) in [5.74, 6) is 1.69. The summed E-state index contributed by atoms with van der Waals surface area (Å²) in [5.41, 5.74) is 25.5. The fourth-order valence-electron chi connectivity index (χ4n) is 13.7. The molecule has 3 aliphatic rings. The van der Waals surface area contributed by atoms with Gasteiger partial charge in [0.1, 0.15) is 0 Å². The lowest BCUT2D eigenvalue weighted by Crippen LogP contribution is -2.27. The molecular weight excluding hydrogens is 971 g/mol. The number of fused-ring (bicyclic) bond motifs is 15. The van der Waals surface area contributed by atoms with Crippen molar-refractivity contribution in [1.29, 1.82) is 0 Å². The second-order valence-corrected chi connectivity index (χ2v) is 22.6. The lowest BCUT2D eigenvalue weighted by atomic mass is 9.72. The maximum absolute atomic E-state index is 5.69. The van der Waals surface area contributed by atoms with Gasteiger partial charge in [0.15, 0.2) is 11.6 Å². The van der Waals surface area contributed by atoms with Gasteiger partial charge in [0.25, 0.3) is 0 Å². The lowest BCUT2D eigenvalue weighted by molar-refractivity contribution is 0.661. The summed E-state index contributed by atoms with van der Waals surface area (Å²) >= 11 is 0. The molecule has 3 heterocycles. The van der Waals surface area contributed by atoms with Gasteiger partial charge in [-0.1, -0.05) is 220 Å². The van der Waals surface area contributed by atoms with Crippen LogP contribution in [0.5, 0.6) is 0 Å². The van der Waals surface area contributed by atoms with Crippen LogP contribution in [0.3, 0.4) is 0 Å². The molecule has 16 rings (SSSR count). The first-order valence-electron chi connectivity index (χ1n) is 27.8. The minimum Gasteiger partial charge on any atom is -0.309 e. The smallest absolute Gasteiger partial charge is 0.238 e. The third kappa shape index (κ3) is 6.74. The van der Waals surface area contributed by atoms with Crippen molar-refractivity contribution in [1.82, 2.24) is 19.5 Å².